The number of nitrogens with zero attached hydrogens (tertiary/aromatic N) is 4. The molecule has 6 heteroatoms. The molecule has 0 aliphatic carbocycles. The molecule has 1 aliphatic heterocycles. The van der Waals surface area contributed by atoms with E-state index in [1.54, 1.807) is 0 Å². The average Bonchev–Trinajstić information content (AvgIpc) is 2.69. The molecule has 5 nitrogen and oxygen atoms in total. The van der Waals surface area contributed by atoms with Gasteiger partial charge in [0.2, 0.25) is 0 Å². The van der Waals surface area contributed by atoms with Crippen molar-refractivity contribution in [2.24, 2.45) is 23.7 Å². The quantitative estimate of drug-likeness (QED) is 0.353. The molecule has 0 unspecified atom stereocenters. The lowest BCUT2D eigenvalue weighted by atomic mass is 10.00. The van der Waals surface area contributed by atoms with Crippen LogP contribution in [0.4, 0.5) is 0 Å². The second-order valence-electron chi connectivity index (χ2n) is 6.29. The van der Waals surface area contributed by atoms with E-state index < -0.39 is 0 Å². The summed E-state index contributed by atoms with van der Waals surface area (Å²) in [4.78, 5) is 6.77. The van der Waals surface area contributed by atoms with E-state index in [0.717, 1.165) is 50.0 Å². The van der Waals surface area contributed by atoms with Gasteiger partial charge >= 0.3 is 0 Å². The van der Waals surface area contributed by atoms with E-state index in [1.807, 2.05) is 11.7 Å². The van der Waals surface area contributed by atoms with Crippen molar-refractivity contribution in [3.05, 3.63) is 17.0 Å². The third-order valence-electron chi connectivity index (χ3n) is 4.63. The maximum absolute atomic E-state index is 6.10. The van der Waals surface area contributed by atoms with Crippen molar-refractivity contribution < 1.29 is 0 Å². The molecule has 1 fully saturated rings. The summed E-state index contributed by atoms with van der Waals surface area (Å²) in [6, 6.07) is 0. The van der Waals surface area contributed by atoms with Crippen LogP contribution in [0.25, 0.3) is 0 Å². The number of hydrogen-bond donors (Lipinski definition) is 1. The lowest BCUT2D eigenvalue weighted by molar-refractivity contribution is 0.277. The molecule has 126 valence electrons. The maximum Gasteiger partial charge on any atom is 0.191 e. The first-order valence-corrected chi connectivity index (χ1v) is 8.03. The minimum absolute atomic E-state index is 0. The summed E-state index contributed by atoms with van der Waals surface area (Å²) >= 11 is 0. The zero-order valence-electron chi connectivity index (χ0n) is 14.3. The molecule has 0 radical (unpaired) electrons. The zero-order chi connectivity index (χ0) is 15.4. The highest BCUT2D eigenvalue weighted by Crippen LogP contribution is 2.16. The lowest BCUT2D eigenvalue weighted by Crippen LogP contribution is -2.42. The number of aryl methyl sites for hydroxylation is 2. The van der Waals surface area contributed by atoms with E-state index in [0.29, 0.717) is 0 Å². The zero-order valence-corrected chi connectivity index (χ0v) is 16.6. The maximum atomic E-state index is 6.10. The van der Waals surface area contributed by atoms with E-state index in [9.17, 15) is 0 Å². The van der Waals surface area contributed by atoms with E-state index in [2.05, 4.69) is 35.8 Å². The molecule has 0 saturated carbocycles. The van der Waals surface area contributed by atoms with E-state index in [1.165, 1.54) is 24.1 Å². The predicted molar refractivity (Wildman–Crippen MR) is 103 cm³/mol. The molecule has 1 aromatic heterocycles. The second kappa shape index (κ2) is 8.74. The van der Waals surface area contributed by atoms with Gasteiger partial charge in [0.25, 0.3) is 0 Å². The first kappa shape index (κ1) is 19.3. The molecule has 0 bridgehead atoms. The molecular weight excluding hydrogens is 389 g/mol. The smallest absolute Gasteiger partial charge is 0.191 e. The summed E-state index contributed by atoms with van der Waals surface area (Å²) in [5, 5.41) is 4.45. The lowest BCUT2D eigenvalue weighted by Gasteiger charge is -2.31. The highest BCUT2D eigenvalue weighted by molar-refractivity contribution is 14.0. The summed E-state index contributed by atoms with van der Waals surface area (Å²) in [6.07, 6.45) is 4.51. The van der Waals surface area contributed by atoms with E-state index in [4.69, 9.17) is 5.73 Å². The van der Waals surface area contributed by atoms with Gasteiger partial charge in [0, 0.05) is 32.4 Å². The number of nitrogens with two attached hydrogens (primary N) is 1. The third kappa shape index (κ3) is 4.86. The molecule has 0 aromatic carbocycles. The fraction of sp³-hybridized carbons (Fsp3) is 0.750. The fourth-order valence-electron chi connectivity index (χ4n) is 2.97. The van der Waals surface area contributed by atoms with Gasteiger partial charge < -0.3 is 10.6 Å². The Balaban J connectivity index is 0.00000242. The Bertz CT molecular complexity index is 501. The Morgan fingerprint density at radius 1 is 1.32 bits per heavy atom. The standard InChI is InChI=1S/C16H29N5.HI/c1-12-7-10-21(11-8-12)16(17)18-9-5-6-15-13(2)19-20(4)14(15)3;/h12H,5-11H2,1-4H3,(H2,17,18);1H. The number of aliphatic imine (C=N–C) groups is 1. The summed E-state index contributed by atoms with van der Waals surface area (Å²) in [5.41, 5.74) is 9.85. The van der Waals surface area contributed by atoms with Gasteiger partial charge in [0.05, 0.1) is 5.69 Å². The normalized spacial score (nSPS) is 16.7. The Morgan fingerprint density at radius 2 is 1.95 bits per heavy atom. The number of halogens is 1. The Hall–Kier alpha value is -0.790. The van der Waals surface area contributed by atoms with Gasteiger partial charge in [-0.3, -0.25) is 9.67 Å². The molecule has 1 saturated heterocycles. The van der Waals surface area contributed by atoms with Crippen molar-refractivity contribution in [2.45, 2.75) is 46.5 Å². The molecule has 22 heavy (non-hydrogen) atoms. The molecule has 1 aliphatic rings. The minimum Gasteiger partial charge on any atom is -0.370 e. The summed E-state index contributed by atoms with van der Waals surface area (Å²) in [6.45, 7) is 9.42. The van der Waals surface area contributed by atoms with Gasteiger partial charge in [0.1, 0.15) is 0 Å². The first-order chi connectivity index (χ1) is 9.99. The Morgan fingerprint density at radius 3 is 2.50 bits per heavy atom. The number of hydrogen-bond acceptors (Lipinski definition) is 2. The average molecular weight is 419 g/mol. The van der Waals surface area contributed by atoms with E-state index >= 15 is 0 Å². The van der Waals surface area contributed by atoms with Crippen LogP contribution in [-0.2, 0) is 13.5 Å². The monoisotopic (exact) mass is 419 g/mol. The summed E-state index contributed by atoms with van der Waals surface area (Å²) < 4.78 is 1.96. The van der Waals surface area contributed by atoms with Gasteiger partial charge in [-0.15, -0.1) is 24.0 Å². The van der Waals surface area contributed by atoms with Crippen LogP contribution in [0.1, 0.15) is 43.1 Å². The Kier molecular flexibility index (Phi) is 7.65. The molecule has 2 N–H and O–H groups in total. The highest BCUT2D eigenvalue weighted by Gasteiger charge is 2.16. The summed E-state index contributed by atoms with van der Waals surface area (Å²) in [5.74, 6) is 1.55. The molecule has 2 heterocycles. The first-order valence-electron chi connectivity index (χ1n) is 8.03. The van der Waals surface area contributed by atoms with Crippen molar-refractivity contribution in [1.82, 2.24) is 14.7 Å². The van der Waals surface area contributed by atoms with Crippen molar-refractivity contribution in [3.8, 4) is 0 Å². The van der Waals surface area contributed by atoms with Crippen molar-refractivity contribution in [1.29, 1.82) is 0 Å². The van der Waals surface area contributed by atoms with Crippen LogP contribution in [-0.4, -0.2) is 40.3 Å². The topological polar surface area (TPSA) is 59.4 Å². The van der Waals surface area contributed by atoms with Crippen LogP contribution in [0.3, 0.4) is 0 Å². The third-order valence-corrected chi connectivity index (χ3v) is 4.63. The van der Waals surface area contributed by atoms with Crippen LogP contribution >= 0.6 is 24.0 Å². The second-order valence-corrected chi connectivity index (χ2v) is 6.29. The van der Waals surface area contributed by atoms with Crippen LogP contribution < -0.4 is 5.73 Å². The van der Waals surface area contributed by atoms with Gasteiger partial charge in [-0.2, -0.15) is 5.10 Å². The van der Waals surface area contributed by atoms with Crippen LogP contribution in [0.15, 0.2) is 4.99 Å². The number of rotatable bonds is 4. The number of piperidine rings is 1. The molecule has 0 spiro atoms. The molecular formula is C16H30IN5. The predicted octanol–water partition coefficient (Wildman–Crippen LogP) is 2.63. The van der Waals surface area contributed by atoms with Gasteiger partial charge in [0.15, 0.2) is 5.96 Å². The Labute approximate surface area is 151 Å². The van der Waals surface area contributed by atoms with E-state index in [-0.39, 0.29) is 24.0 Å². The van der Waals surface area contributed by atoms with Crippen LogP contribution in [0.5, 0.6) is 0 Å². The van der Waals surface area contributed by atoms with Crippen LogP contribution in [0, 0.1) is 19.8 Å². The molecule has 0 amide bonds. The van der Waals surface area contributed by atoms with Crippen LogP contribution in [0.2, 0.25) is 0 Å². The number of likely N-dealkylation sites (tertiary alicyclic amines) is 1. The van der Waals surface area contributed by atoms with Gasteiger partial charge in [-0.1, -0.05) is 6.92 Å². The van der Waals surface area contributed by atoms with Crippen molar-refractivity contribution in [2.75, 3.05) is 19.6 Å². The summed E-state index contributed by atoms with van der Waals surface area (Å²) in [7, 11) is 2.00. The van der Waals surface area contributed by atoms with Gasteiger partial charge in [-0.25, -0.2) is 0 Å². The molecule has 0 atom stereocenters. The minimum atomic E-state index is 0. The molecule has 2 rings (SSSR count). The van der Waals surface area contributed by atoms with Crippen molar-refractivity contribution in [3.63, 3.8) is 0 Å². The molecule has 1 aromatic rings. The SMILES string of the molecule is Cc1nn(C)c(C)c1CCCN=C(N)N1CCC(C)CC1.I. The van der Waals surface area contributed by atoms with Crippen molar-refractivity contribution >= 4 is 29.9 Å². The number of aromatic nitrogens is 2. The highest BCUT2D eigenvalue weighted by atomic mass is 127. The van der Waals surface area contributed by atoms with Gasteiger partial charge in [-0.05, 0) is 51.0 Å². The largest absolute Gasteiger partial charge is 0.370 e. The number of guanidine groups is 1. The fourth-order valence-corrected chi connectivity index (χ4v) is 2.97.